The molecule has 1 aliphatic heterocycles. The Morgan fingerprint density at radius 3 is 2.42 bits per heavy atom. The van der Waals surface area contributed by atoms with E-state index in [2.05, 4.69) is 41.7 Å². The van der Waals surface area contributed by atoms with Crippen LogP contribution in [0.3, 0.4) is 0 Å². The number of nitrogens with one attached hydrogen (secondary N) is 1. The zero-order valence-corrected chi connectivity index (χ0v) is 22.3. The summed E-state index contributed by atoms with van der Waals surface area (Å²) in [6, 6.07) is 21.4. The molecule has 3 aliphatic rings. The van der Waals surface area contributed by atoms with Crippen molar-refractivity contribution in [2.24, 2.45) is 5.92 Å². The molecule has 2 aliphatic carbocycles. The van der Waals surface area contributed by atoms with Crippen molar-refractivity contribution in [3.05, 3.63) is 82.9 Å². The first-order valence-corrected chi connectivity index (χ1v) is 15.5. The second kappa shape index (κ2) is 10.3. The van der Waals surface area contributed by atoms with Gasteiger partial charge in [-0.3, -0.25) is 13.9 Å². The van der Waals surface area contributed by atoms with Crippen LogP contribution in [0.4, 0.5) is 5.69 Å². The highest BCUT2D eigenvalue weighted by Gasteiger charge is 2.44. The predicted molar refractivity (Wildman–Crippen MR) is 152 cm³/mol. The molecule has 6 rings (SSSR count). The molecule has 0 spiro atoms. The van der Waals surface area contributed by atoms with E-state index in [4.69, 9.17) is 4.74 Å². The molecule has 0 aromatic heterocycles. The first-order chi connectivity index (χ1) is 18.3. The number of hydrogen-bond acceptors (Lipinski definition) is 5. The minimum Gasteiger partial charge on any atom is -0.490 e. The Morgan fingerprint density at radius 2 is 1.68 bits per heavy atom. The number of carboxylic acid groups (broad SMARTS) is 1. The van der Waals surface area contributed by atoms with E-state index in [9.17, 15) is 19.0 Å². The van der Waals surface area contributed by atoms with Gasteiger partial charge in [-0.2, -0.15) is 10.6 Å². The number of benzene rings is 3. The molecule has 38 heavy (non-hydrogen) atoms. The van der Waals surface area contributed by atoms with Gasteiger partial charge >= 0.3 is 5.97 Å². The molecule has 1 saturated heterocycles. The highest BCUT2D eigenvalue weighted by atomic mass is 32.3. The maximum absolute atomic E-state index is 11.2. The summed E-state index contributed by atoms with van der Waals surface area (Å²) in [6.07, 6.45) is 5.31. The molecule has 6 nitrogen and oxygen atoms in total. The van der Waals surface area contributed by atoms with Crippen molar-refractivity contribution in [3.63, 3.8) is 0 Å². The molecule has 4 N–H and O–H groups in total. The van der Waals surface area contributed by atoms with Gasteiger partial charge in [0.05, 0.1) is 5.92 Å². The molecular formula is C31H35NO5S. The zero-order chi connectivity index (χ0) is 26.3. The fourth-order valence-electron chi connectivity index (χ4n) is 5.87. The maximum atomic E-state index is 11.2. The Labute approximate surface area is 225 Å². The second-order valence-electron chi connectivity index (χ2n) is 11.0. The summed E-state index contributed by atoms with van der Waals surface area (Å²) in [5.41, 5.74) is 8.59. The van der Waals surface area contributed by atoms with E-state index in [0.717, 1.165) is 42.7 Å². The quantitative estimate of drug-likeness (QED) is 0.263. The van der Waals surface area contributed by atoms with Crippen LogP contribution in [0.5, 0.6) is 5.75 Å². The predicted octanol–water partition coefficient (Wildman–Crippen LogP) is 6.93. The minimum atomic E-state index is -2.40. The fourth-order valence-corrected chi connectivity index (χ4v) is 7.36. The van der Waals surface area contributed by atoms with Crippen LogP contribution in [0.15, 0.2) is 60.7 Å². The van der Waals surface area contributed by atoms with Gasteiger partial charge in [-0.25, -0.2) is 0 Å². The average molecular weight is 534 g/mol. The van der Waals surface area contributed by atoms with Crippen molar-refractivity contribution in [2.75, 3.05) is 16.8 Å². The lowest BCUT2D eigenvalue weighted by atomic mass is 9.94. The highest BCUT2D eigenvalue weighted by molar-refractivity contribution is 8.24. The first-order valence-electron chi connectivity index (χ1n) is 13.6. The summed E-state index contributed by atoms with van der Waals surface area (Å²) in [4.78, 5) is 11.2. The zero-order valence-electron chi connectivity index (χ0n) is 21.4. The summed E-state index contributed by atoms with van der Waals surface area (Å²) < 4.78 is 26.0. The van der Waals surface area contributed by atoms with Crippen LogP contribution in [0.25, 0.3) is 11.1 Å². The Hall–Kier alpha value is -3.00. The van der Waals surface area contributed by atoms with Crippen molar-refractivity contribution >= 4 is 22.2 Å². The number of aliphatic carboxylic acids is 1. The molecule has 1 saturated carbocycles. The minimum absolute atomic E-state index is 0.0423. The van der Waals surface area contributed by atoms with Crippen molar-refractivity contribution in [2.45, 2.75) is 57.1 Å². The van der Waals surface area contributed by atoms with Crippen LogP contribution in [0.1, 0.15) is 53.9 Å². The Bertz CT molecular complexity index is 1330. The Kier molecular flexibility index (Phi) is 6.84. The number of ether oxygens (including phenoxy) is 1. The van der Waals surface area contributed by atoms with E-state index in [-0.39, 0.29) is 17.9 Å². The first kappa shape index (κ1) is 25.3. The molecule has 200 valence electrons. The molecule has 2 fully saturated rings. The summed E-state index contributed by atoms with van der Waals surface area (Å²) in [6.45, 7) is 0.713. The summed E-state index contributed by atoms with van der Waals surface area (Å²) in [7, 11) is -2.40. The molecular weight excluding hydrogens is 498 g/mol. The van der Waals surface area contributed by atoms with E-state index in [1.165, 1.54) is 27.8 Å². The molecule has 3 aromatic rings. The van der Waals surface area contributed by atoms with Crippen molar-refractivity contribution in [1.29, 1.82) is 0 Å². The molecule has 0 bridgehead atoms. The summed E-state index contributed by atoms with van der Waals surface area (Å²) in [5, 5.41) is 12.7. The molecule has 0 radical (unpaired) electrons. The van der Waals surface area contributed by atoms with Gasteiger partial charge in [0.25, 0.3) is 0 Å². The molecule has 2 unspecified atom stereocenters. The van der Waals surface area contributed by atoms with Crippen LogP contribution in [0, 0.1) is 5.92 Å². The van der Waals surface area contributed by atoms with Gasteiger partial charge in [-0.05, 0) is 95.3 Å². The Morgan fingerprint density at radius 1 is 0.921 bits per heavy atom. The van der Waals surface area contributed by atoms with Crippen molar-refractivity contribution in [3.8, 4) is 16.9 Å². The number of rotatable bonds is 7. The lowest BCUT2D eigenvalue weighted by Gasteiger charge is -2.39. The van der Waals surface area contributed by atoms with Crippen LogP contribution in [-0.2, 0) is 24.2 Å². The van der Waals surface area contributed by atoms with Crippen LogP contribution in [-0.4, -0.2) is 37.8 Å². The molecule has 7 heteroatoms. The van der Waals surface area contributed by atoms with Gasteiger partial charge in [-0.1, -0.05) is 30.3 Å². The summed E-state index contributed by atoms with van der Waals surface area (Å²) >= 11 is 0. The number of anilines is 1. The second-order valence-corrected chi connectivity index (χ2v) is 13.4. The number of aryl methyl sites for hydroxylation is 2. The largest absolute Gasteiger partial charge is 0.490 e. The van der Waals surface area contributed by atoms with Gasteiger partial charge in [-0.15, -0.1) is 0 Å². The fraction of sp³-hybridized carbons (Fsp3) is 0.387. The van der Waals surface area contributed by atoms with Gasteiger partial charge in [0, 0.05) is 36.6 Å². The lowest BCUT2D eigenvalue weighted by Crippen LogP contribution is -2.28. The number of carboxylic acids is 1. The topological polar surface area (TPSA) is 99.0 Å². The Balaban J connectivity index is 1.13. The van der Waals surface area contributed by atoms with E-state index in [1.54, 1.807) is 0 Å². The van der Waals surface area contributed by atoms with Crippen LogP contribution < -0.4 is 10.1 Å². The molecule has 3 aromatic carbocycles. The van der Waals surface area contributed by atoms with Crippen LogP contribution >= 0.6 is 10.6 Å². The van der Waals surface area contributed by atoms with E-state index in [1.807, 2.05) is 24.3 Å². The SMILES string of the molecule is O=C(O)C1CC1c1ccc(NCc2ccc3c(c2)-c2ccc(OC4CCS(O)(O)CC4)cc2CCC3)cc1. The number of hydrogen-bond donors (Lipinski definition) is 4. The van der Waals surface area contributed by atoms with Gasteiger partial charge < -0.3 is 15.2 Å². The normalized spacial score (nSPS) is 22.9. The van der Waals surface area contributed by atoms with E-state index >= 15 is 0 Å². The molecule has 2 atom stereocenters. The van der Waals surface area contributed by atoms with Gasteiger partial charge in [0.1, 0.15) is 11.9 Å². The van der Waals surface area contributed by atoms with E-state index < -0.39 is 16.6 Å². The van der Waals surface area contributed by atoms with Crippen molar-refractivity contribution in [1.82, 2.24) is 0 Å². The third kappa shape index (κ3) is 5.55. The standard InChI is InChI=1S/C31H35NO5S/c33-31(34)30-18-29(30)22-6-8-24(9-7-22)32-19-20-4-5-21-2-1-3-23-17-26(10-11-27(23)28(21)16-20)37-25-12-14-38(35,36)15-13-25/h4-11,16-17,25,29-30,32,35-36H,1-3,12-15,18-19H2,(H,33,34). The smallest absolute Gasteiger partial charge is 0.307 e. The highest BCUT2D eigenvalue weighted by Crippen LogP contribution is 2.48. The van der Waals surface area contributed by atoms with Crippen LogP contribution in [0.2, 0.25) is 0 Å². The maximum Gasteiger partial charge on any atom is 0.307 e. The number of carbonyl (C=O) groups is 1. The number of fused-ring (bicyclic) bond motifs is 3. The van der Waals surface area contributed by atoms with E-state index in [0.29, 0.717) is 30.9 Å². The summed E-state index contributed by atoms with van der Waals surface area (Å²) in [5.74, 6) is 0.969. The van der Waals surface area contributed by atoms with Crippen molar-refractivity contribution < 1.29 is 23.7 Å². The molecule has 0 amide bonds. The lowest BCUT2D eigenvalue weighted by molar-refractivity contribution is -0.138. The van der Waals surface area contributed by atoms with Gasteiger partial charge in [0.15, 0.2) is 0 Å². The molecule has 1 heterocycles. The third-order valence-electron chi connectivity index (χ3n) is 8.21. The monoisotopic (exact) mass is 533 g/mol. The van der Waals surface area contributed by atoms with Gasteiger partial charge in [0.2, 0.25) is 0 Å². The third-order valence-corrected chi connectivity index (χ3v) is 9.99. The average Bonchev–Trinajstić information content (AvgIpc) is 3.73.